The Morgan fingerprint density at radius 1 is 1.40 bits per heavy atom. The Hall–Kier alpha value is -2.11. The largest absolute Gasteiger partial charge is 0.483 e. The number of nitrogens with one attached hydrogen (secondary N) is 1. The van der Waals surface area contributed by atoms with E-state index in [4.69, 9.17) is 15.1 Å². The van der Waals surface area contributed by atoms with Crippen molar-refractivity contribution in [2.75, 3.05) is 13.2 Å². The van der Waals surface area contributed by atoms with Crippen LogP contribution in [0.15, 0.2) is 17.0 Å². The number of carbonyl (C=O) groups is 1. The van der Waals surface area contributed by atoms with Crippen LogP contribution in [0.2, 0.25) is 0 Å². The van der Waals surface area contributed by atoms with Crippen LogP contribution in [0.25, 0.3) is 0 Å². The number of nitrogens with zero attached hydrogens (tertiary/aromatic N) is 1. The molecule has 1 aromatic carbocycles. The molecule has 3 N–H and O–H groups in total. The van der Waals surface area contributed by atoms with Crippen LogP contribution in [0.1, 0.15) is 11.1 Å². The highest BCUT2D eigenvalue weighted by molar-refractivity contribution is 7.89. The summed E-state index contributed by atoms with van der Waals surface area (Å²) in [5.74, 6) is -0.0406. The first kappa shape index (κ1) is 15.9. The lowest BCUT2D eigenvalue weighted by molar-refractivity contribution is -0.122. The maximum Gasteiger partial charge on any atom is 0.258 e. The predicted octanol–water partition coefficient (Wildman–Crippen LogP) is -0.0306. The molecule has 0 bridgehead atoms. The number of hydrogen-bond acceptors (Lipinski definition) is 5. The Morgan fingerprint density at radius 2 is 2.05 bits per heavy atom. The molecule has 20 heavy (non-hydrogen) atoms. The molecule has 0 saturated carbocycles. The van der Waals surface area contributed by atoms with E-state index < -0.39 is 15.9 Å². The van der Waals surface area contributed by atoms with E-state index >= 15 is 0 Å². The summed E-state index contributed by atoms with van der Waals surface area (Å²) in [5.41, 5.74) is 0.984. The molecule has 7 nitrogen and oxygen atoms in total. The van der Waals surface area contributed by atoms with Crippen molar-refractivity contribution in [2.24, 2.45) is 5.14 Å². The third-order valence-electron chi connectivity index (χ3n) is 2.50. The Morgan fingerprint density at radius 3 is 2.60 bits per heavy atom. The zero-order chi connectivity index (χ0) is 15.3. The van der Waals surface area contributed by atoms with Crippen molar-refractivity contribution in [2.45, 2.75) is 18.7 Å². The lowest BCUT2D eigenvalue weighted by atomic mass is 10.1. The summed E-state index contributed by atoms with van der Waals surface area (Å²) < 4.78 is 28.0. The molecule has 0 aliphatic carbocycles. The van der Waals surface area contributed by atoms with Gasteiger partial charge in [-0.15, -0.1) is 0 Å². The monoisotopic (exact) mass is 297 g/mol. The maximum absolute atomic E-state index is 11.3. The fourth-order valence-electron chi connectivity index (χ4n) is 1.56. The van der Waals surface area contributed by atoms with Gasteiger partial charge < -0.3 is 10.1 Å². The number of aryl methyl sites for hydroxylation is 2. The van der Waals surface area contributed by atoms with Crippen LogP contribution in [0.5, 0.6) is 5.75 Å². The van der Waals surface area contributed by atoms with Gasteiger partial charge in [0.2, 0.25) is 10.0 Å². The van der Waals surface area contributed by atoms with Crippen LogP contribution in [0, 0.1) is 25.2 Å². The molecule has 1 rings (SSSR count). The van der Waals surface area contributed by atoms with E-state index in [9.17, 15) is 13.2 Å². The molecular weight excluding hydrogens is 282 g/mol. The summed E-state index contributed by atoms with van der Waals surface area (Å²) in [6.07, 6.45) is 0. The number of nitrogens with two attached hydrogens (primary N) is 1. The van der Waals surface area contributed by atoms with Crippen LogP contribution in [-0.2, 0) is 14.8 Å². The lowest BCUT2D eigenvalue weighted by Gasteiger charge is -2.12. The standard InChI is InChI=1S/C12H15N3O4S/c1-8-6-11(20(14,17)18)9(2)5-10(8)19-7-12(16)15-4-3-13/h5-6H,4,7H2,1-2H3,(H,15,16)(H2,14,17,18). The fourth-order valence-corrected chi connectivity index (χ4v) is 2.41. The SMILES string of the molecule is Cc1cc(S(N)(=O)=O)c(C)cc1OCC(=O)NCC#N. The van der Waals surface area contributed by atoms with Gasteiger partial charge in [-0.25, -0.2) is 13.6 Å². The number of amides is 1. The summed E-state index contributed by atoms with van der Waals surface area (Å²) in [6, 6.07) is 4.68. The van der Waals surface area contributed by atoms with Crippen molar-refractivity contribution in [3.8, 4) is 11.8 Å². The van der Waals surface area contributed by atoms with Crippen molar-refractivity contribution in [1.82, 2.24) is 5.32 Å². The van der Waals surface area contributed by atoms with E-state index in [0.29, 0.717) is 16.9 Å². The molecule has 0 atom stereocenters. The molecule has 1 amide bonds. The fraction of sp³-hybridized carbons (Fsp3) is 0.333. The number of ether oxygens (including phenoxy) is 1. The van der Waals surface area contributed by atoms with Crippen LogP contribution >= 0.6 is 0 Å². The van der Waals surface area contributed by atoms with Crippen LogP contribution in [0.4, 0.5) is 0 Å². The second kappa shape index (κ2) is 6.36. The Bertz CT molecular complexity index is 662. The van der Waals surface area contributed by atoms with E-state index in [-0.39, 0.29) is 18.0 Å². The summed E-state index contributed by atoms with van der Waals surface area (Å²) in [6.45, 7) is 2.89. The predicted molar refractivity (Wildman–Crippen MR) is 71.4 cm³/mol. The zero-order valence-electron chi connectivity index (χ0n) is 11.1. The smallest absolute Gasteiger partial charge is 0.258 e. The van der Waals surface area contributed by atoms with Crippen molar-refractivity contribution < 1.29 is 17.9 Å². The minimum absolute atomic E-state index is 0.0243. The minimum Gasteiger partial charge on any atom is -0.483 e. The number of carbonyl (C=O) groups excluding carboxylic acids is 1. The Kier molecular flexibility index (Phi) is 5.07. The molecule has 1 aromatic rings. The van der Waals surface area contributed by atoms with Crippen molar-refractivity contribution in [1.29, 1.82) is 5.26 Å². The molecule has 0 aliphatic rings. The van der Waals surface area contributed by atoms with Crippen molar-refractivity contribution >= 4 is 15.9 Å². The molecule has 0 saturated heterocycles. The third kappa shape index (κ3) is 4.22. The first-order valence-corrected chi connectivity index (χ1v) is 7.21. The summed E-state index contributed by atoms with van der Waals surface area (Å²) in [5, 5.41) is 15.7. The van der Waals surface area contributed by atoms with E-state index in [2.05, 4.69) is 5.32 Å². The Balaban J connectivity index is 2.87. The van der Waals surface area contributed by atoms with Gasteiger partial charge in [-0.2, -0.15) is 5.26 Å². The van der Waals surface area contributed by atoms with Gasteiger partial charge in [0.15, 0.2) is 6.61 Å². The van der Waals surface area contributed by atoms with Crippen LogP contribution in [0.3, 0.4) is 0 Å². The van der Waals surface area contributed by atoms with E-state index in [1.807, 2.05) is 0 Å². The zero-order valence-corrected chi connectivity index (χ0v) is 12.0. The number of rotatable bonds is 5. The van der Waals surface area contributed by atoms with Gasteiger partial charge in [-0.1, -0.05) is 0 Å². The van der Waals surface area contributed by atoms with E-state index in [1.165, 1.54) is 12.1 Å². The first-order valence-electron chi connectivity index (χ1n) is 5.66. The molecule has 0 aliphatic heterocycles. The summed E-state index contributed by atoms with van der Waals surface area (Å²) >= 11 is 0. The molecule has 0 aromatic heterocycles. The topological polar surface area (TPSA) is 122 Å². The molecular formula is C12H15N3O4S. The van der Waals surface area contributed by atoms with Gasteiger partial charge in [0.05, 0.1) is 11.0 Å². The van der Waals surface area contributed by atoms with Gasteiger partial charge in [-0.05, 0) is 37.1 Å². The van der Waals surface area contributed by atoms with Gasteiger partial charge in [-0.3, -0.25) is 4.79 Å². The molecule has 0 fully saturated rings. The number of nitriles is 1. The minimum atomic E-state index is -3.79. The molecule has 0 radical (unpaired) electrons. The maximum atomic E-state index is 11.3. The molecule has 0 unspecified atom stereocenters. The highest BCUT2D eigenvalue weighted by Gasteiger charge is 2.15. The number of sulfonamides is 1. The van der Waals surface area contributed by atoms with Gasteiger partial charge in [0.25, 0.3) is 5.91 Å². The molecule has 0 heterocycles. The van der Waals surface area contributed by atoms with Gasteiger partial charge in [0.1, 0.15) is 12.3 Å². The average molecular weight is 297 g/mol. The quantitative estimate of drug-likeness (QED) is 0.739. The number of primary sulfonamides is 1. The van der Waals surface area contributed by atoms with Gasteiger partial charge >= 0.3 is 0 Å². The highest BCUT2D eigenvalue weighted by Crippen LogP contribution is 2.25. The first-order chi connectivity index (χ1) is 9.25. The van der Waals surface area contributed by atoms with E-state index in [1.54, 1.807) is 19.9 Å². The normalized spacial score (nSPS) is 10.7. The van der Waals surface area contributed by atoms with E-state index in [0.717, 1.165) is 0 Å². The number of hydrogen-bond donors (Lipinski definition) is 2. The number of benzene rings is 1. The lowest BCUT2D eigenvalue weighted by Crippen LogP contribution is -2.29. The van der Waals surface area contributed by atoms with Gasteiger partial charge in [0, 0.05) is 0 Å². The van der Waals surface area contributed by atoms with Crippen LogP contribution < -0.4 is 15.2 Å². The molecule has 8 heteroatoms. The third-order valence-corrected chi connectivity index (χ3v) is 3.56. The molecule has 108 valence electrons. The van der Waals surface area contributed by atoms with Crippen molar-refractivity contribution in [3.63, 3.8) is 0 Å². The average Bonchev–Trinajstić information content (AvgIpc) is 2.35. The van der Waals surface area contributed by atoms with Crippen LogP contribution in [-0.4, -0.2) is 27.5 Å². The second-order valence-electron chi connectivity index (χ2n) is 4.15. The van der Waals surface area contributed by atoms with Crippen molar-refractivity contribution in [3.05, 3.63) is 23.3 Å². The Labute approximate surface area is 117 Å². The summed E-state index contributed by atoms with van der Waals surface area (Å²) in [4.78, 5) is 11.3. The molecule has 0 spiro atoms. The highest BCUT2D eigenvalue weighted by atomic mass is 32.2. The summed E-state index contributed by atoms with van der Waals surface area (Å²) in [7, 11) is -3.79. The second-order valence-corrected chi connectivity index (χ2v) is 5.68.